The van der Waals surface area contributed by atoms with Gasteiger partial charge in [0.1, 0.15) is 0 Å². The summed E-state index contributed by atoms with van der Waals surface area (Å²) < 4.78 is 0. The van der Waals surface area contributed by atoms with Crippen molar-refractivity contribution in [1.29, 1.82) is 5.41 Å². The molecule has 3 heteroatoms. The molecule has 0 atom stereocenters. The van der Waals surface area contributed by atoms with Crippen LogP contribution in [0.3, 0.4) is 0 Å². The van der Waals surface area contributed by atoms with Gasteiger partial charge < -0.3 is 11.5 Å². The lowest BCUT2D eigenvalue weighted by atomic mass is 10.2. The van der Waals surface area contributed by atoms with E-state index in [1.807, 2.05) is 31.2 Å². The summed E-state index contributed by atoms with van der Waals surface area (Å²) in [4.78, 5) is 0. The van der Waals surface area contributed by atoms with Crippen molar-refractivity contribution in [2.45, 2.75) is 13.3 Å². The van der Waals surface area contributed by atoms with Gasteiger partial charge in [0.05, 0.1) is 11.4 Å². The highest BCUT2D eigenvalue weighted by Gasteiger charge is 1.92. The monoisotopic (exact) mass is 243 g/mol. The van der Waals surface area contributed by atoms with Gasteiger partial charge in [-0.1, -0.05) is 43.0 Å². The fourth-order valence-electron chi connectivity index (χ4n) is 1.01. The van der Waals surface area contributed by atoms with Gasteiger partial charge >= 0.3 is 0 Å². The second-order valence-corrected chi connectivity index (χ2v) is 3.53. The molecule has 0 heterocycles. The molecule has 0 saturated carbocycles. The molecule has 0 amide bonds. The molecule has 0 spiro atoms. The third-order valence-electron chi connectivity index (χ3n) is 1.98. The number of nitrogens with two attached hydrogens (primary N) is 2. The lowest BCUT2D eigenvalue weighted by Gasteiger charge is -1.96. The molecule has 0 aromatic carbocycles. The van der Waals surface area contributed by atoms with Crippen LogP contribution in [0.2, 0.25) is 0 Å². The Morgan fingerprint density at radius 3 is 2.50 bits per heavy atom. The highest BCUT2D eigenvalue weighted by molar-refractivity contribution is 6.05. The van der Waals surface area contributed by atoms with Gasteiger partial charge in [0.25, 0.3) is 0 Å². The Morgan fingerprint density at radius 2 is 1.89 bits per heavy atom. The first kappa shape index (κ1) is 15.7. The Balaban J connectivity index is 4.33. The highest BCUT2D eigenvalue weighted by atomic mass is 14.6. The predicted octanol–water partition coefficient (Wildman–Crippen LogP) is 2.96. The van der Waals surface area contributed by atoms with Crippen LogP contribution < -0.4 is 11.5 Å². The fourth-order valence-corrected chi connectivity index (χ4v) is 1.01. The number of nitrogens with one attached hydrogen (secondary N) is 1. The van der Waals surface area contributed by atoms with Crippen LogP contribution in [-0.4, -0.2) is 5.71 Å². The molecule has 0 fully saturated rings. The summed E-state index contributed by atoms with van der Waals surface area (Å²) in [5, 5.41) is 7.60. The molecule has 0 bridgehead atoms. The molecule has 0 radical (unpaired) electrons. The fraction of sp³-hybridized carbons (Fsp3) is 0.133. The molecule has 0 unspecified atom stereocenters. The van der Waals surface area contributed by atoms with E-state index in [-0.39, 0.29) is 5.71 Å². The first-order valence-corrected chi connectivity index (χ1v) is 5.69. The maximum atomic E-state index is 7.60. The van der Waals surface area contributed by atoms with Crippen molar-refractivity contribution >= 4 is 5.71 Å². The van der Waals surface area contributed by atoms with E-state index < -0.39 is 0 Å². The predicted molar refractivity (Wildman–Crippen MR) is 80.2 cm³/mol. The molecule has 18 heavy (non-hydrogen) atoms. The normalized spacial score (nSPS) is 13.8. The topological polar surface area (TPSA) is 75.9 Å². The molecule has 0 saturated heterocycles. The average Bonchev–Trinajstić information content (AvgIpc) is 2.38. The van der Waals surface area contributed by atoms with Crippen molar-refractivity contribution in [3.8, 4) is 0 Å². The zero-order valence-electron chi connectivity index (χ0n) is 10.8. The van der Waals surface area contributed by atoms with E-state index >= 15 is 0 Å². The largest absolute Gasteiger partial charge is 0.402 e. The minimum Gasteiger partial charge on any atom is -0.402 e. The number of allylic oxidation sites excluding steroid dienone is 9. The molecular formula is C15H21N3. The second-order valence-electron chi connectivity index (χ2n) is 3.53. The van der Waals surface area contributed by atoms with Crippen molar-refractivity contribution in [3.05, 3.63) is 72.7 Å². The van der Waals surface area contributed by atoms with Crippen LogP contribution in [0.25, 0.3) is 0 Å². The maximum Gasteiger partial charge on any atom is 0.0769 e. The van der Waals surface area contributed by atoms with Crippen LogP contribution in [0, 0.1) is 5.41 Å². The van der Waals surface area contributed by atoms with Gasteiger partial charge in [-0.3, -0.25) is 5.41 Å². The number of hydrogen-bond acceptors (Lipinski definition) is 3. The van der Waals surface area contributed by atoms with E-state index in [0.717, 1.165) is 5.70 Å². The molecule has 0 rings (SSSR count). The van der Waals surface area contributed by atoms with Crippen LogP contribution >= 0.6 is 0 Å². The Kier molecular flexibility index (Phi) is 8.64. The van der Waals surface area contributed by atoms with E-state index in [1.165, 1.54) is 0 Å². The zero-order valence-corrected chi connectivity index (χ0v) is 10.8. The molecule has 5 N–H and O–H groups in total. The van der Waals surface area contributed by atoms with Gasteiger partial charge in [-0.05, 0) is 25.2 Å². The Bertz CT molecular complexity index is 421. The summed E-state index contributed by atoms with van der Waals surface area (Å²) >= 11 is 0. The Hall–Kier alpha value is -2.29. The maximum absolute atomic E-state index is 7.60. The van der Waals surface area contributed by atoms with Crippen LogP contribution in [0.1, 0.15) is 13.3 Å². The summed E-state index contributed by atoms with van der Waals surface area (Å²) in [6, 6.07) is 0. The Labute approximate surface area is 109 Å². The van der Waals surface area contributed by atoms with E-state index in [1.54, 1.807) is 30.4 Å². The minimum atomic E-state index is 0.261. The average molecular weight is 243 g/mol. The van der Waals surface area contributed by atoms with Crippen LogP contribution in [0.15, 0.2) is 72.7 Å². The summed E-state index contributed by atoms with van der Waals surface area (Å²) in [5.41, 5.74) is 12.9. The van der Waals surface area contributed by atoms with Crippen LogP contribution in [-0.2, 0) is 0 Å². The first-order chi connectivity index (χ1) is 8.61. The quantitative estimate of drug-likeness (QED) is 0.475. The molecule has 0 aromatic heterocycles. The van der Waals surface area contributed by atoms with Gasteiger partial charge in [-0.25, -0.2) is 0 Å². The standard InChI is InChI=1S/C15H21N3/c1-3-5-9-13(16)10-7-8-12-15(18)14(17)11-6-4-2/h3-9,11-12,17H,2,10,16,18H2,1H3/b5-3-,8-7-,11-6-,13-9-,15-12-,17-14?. The molecular weight excluding hydrogens is 222 g/mol. The SMILES string of the molecule is C=C/C=C\C(=N)/C(N)=C/C=C\C/C(N)=C/C=C\C. The third-order valence-corrected chi connectivity index (χ3v) is 1.98. The molecule has 0 aliphatic carbocycles. The van der Waals surface area contributed by atoms with E-state index in [2.05, 4.69) is 6.58 Å². The van der Waals surface area contributed by atoms with Gasteiger partial charge in [0.15, 0.2) is 0 Å². The Morgan fingerprint density at radius 1 is 1.17 bits per heavy atom. The van der Waals surface area contributed by atoms with Crippen molar-refractivity contribution in [2.75, 3.05) is 0 Å². The van der Waals surface area contributed by atoms with Crippen molar-refractivity contribution in [2.24, 2.45) is 11.5 Å². The zero-order chi connectivity index (χ0) is 13.8. The van der Waals surface area contributed by atoms with Crippen molar-refractivity contribution in [3.63, 3.8) is 0 Å². The summed E-state index contributed by atoms with van der Waals surface area (Å²) in [6.07, 6.45) is 16.6. The van der Waals surface area contributed by atoms with Gasteiger partial charge in [0.2, 0.25) is 0 Å². The molecule has 0 aromatic rings. The van der Waals surface area contributed by atoms with E-state index in [0.29, 0.717) is 12.1 Å². The van der Waals surface area contributed by atoms with Crippen LogP contribution in [0.4, 0.5) is 0 Å². The summed E-state index contributed by atoms with van der Waals surface area (Å²) in [7, 11) is 0. The van der Waals surface area contributed by atoms with Crippen molar-refractivity contribution < 1.29 is 0 Å². The smallest absolute Gasteiger partial charge is 0.0769 e. The first-order valence-electron chi connectivity index (χ1n) is 5.69. The second kappa shape index (κ2) is 9.90. The number of hydrogen-bond donors (Lipinski definition) is 3. The van der Waals surface area contributed by atoms with Gasteiger partial charge in [-0.2, -0.15) is 0 Å². The molecule has 0 aliphatic rings. The van der Waals surface area contributed by atoms with E-state index in [4.69, 9.17) is 16.9 Å². The third kappa shape index (κ3) is 7.93. The molecule has 0 aliphatic heterocycles. The minimum absolute atomic E-state index is 0.261. The van der Waals surface area contributed by atoms with E-state index in [9.17, 15) is 0 Å². The van der Waals surface area contributed by atoms with Gasteiger partial charge in [-0.15, -0.1) is 0 Å². The highest BCUT2D eigenvalue weighted by Crippen LogP contribution is 1.97. The summed E-state index contributed by atoms with van der Waals surface area (Å²) in [6.45, 7) is 5.46. The van der Waals surface area contributed by atoms with Crippen molar-refractivity contribution in [1.82, 2.24) is 0 Å². The lowest BCUT2D eigenvalue weighted by molar-refractivity contribution is 1.17. The van der Waals surface area contributed by atoms with Crippen LogP contribution in [0.5, 0.6) is 0 Å². The lowest BCUT2D eigenvalue weighted by Crippen LogP contribution is -2.06. The summed E-state index contributed by atoms with van der Waals surface area (Å²) in [5.74, 6) is 0. The number of rotatable bonds is 7. The molecule has 96 valence electrons. The van der Waals surface area contributed by atoms with Gasteiger partial charge in [0, 0.05) is 12.1 Å². The molecule has 3 nitrogen and oxygen atoms in total.